The Hall–Kier alpha value is -5.21. The van der Waals surface area contributed by atoms with Crippen molar-refractivity contribution >= 4 is 50.8 Å². The van der Waals surface area contributed by atoms with E-state index in [0.29, 0.717) is 23.5 Å². The summed E-state index contributed by atoms with van der Waals surface area (Å²) in [6.07, 6.45) is 3.12. The first-order valence-electron chi connectivity index (χ1n) is 22.2. The molecule has 0 atom stereocenters. The fourth-order valence-corrected chi connectivity index (χ4v) is 12.0. The number of halogens is 1. The summed E-state index contributed by atoms with van der Waals surface area (Å²) in [5.41, 5.74) is 15.5. The molecule has 0 aliphatic carbocycles. The summed E-state index contributed by atoms with van der Waals surface area (Å²) in [7, 11) is 0. The van der Waals surface area contributed by atoms with Gasteiger partial charge in [0.2, 0.25) is 5.71 Å². The van der Waals surface area contributed by atoms with Crippen molar-refractivity contribution in [2.24, 2.45) is 5.92 Å². The zero-order valence-corrected chi connectivity index (χ0v) is 43.3. The molecular formula is C56H57FGeIrN4O-2. The number of hydrogen-bond donors (Lipinski definition) is 0. The van der Waals surface area contributed by atoms with Crippen molar-refractivity contribution in [3.8, 4) is 39.5 Å². The van der Waals surface area contributed by atoms with Gasteiger partial charge in [0.05, 0.1) is 22.4 Å². The molecule has 5 aromatic carbocycles. The third-order valence-electron chi connectivity index (χ3n) is 11.8. The van der Waals surface area contributed by atoms with Crippen molar-refractivity contribution in [2.45, 2.75) is 90.9 Å². The molecule has 0 fully saturated rings. The number of hydrogen-bond acceptors (Lipinski definition) is 4. The molecule has 8 heteroatoms. The largest absolute Gasteiger partial charge is 0.486 e. The summed E-state index contributed by atoms with van der Waals surface area (Å²) in [6, 6.07) is 43.6. The Kier molecular flexibility index (Phi) is 14.0. The van der Waals surface area contributed by atoms with E-state index in [4.69, 9.17) is 9.40 Å². The monoisotopic (exact) mass is 1090 g/mol. The molecule has 4 heterocycles. The summed E-state index contributed by atoms with van der Waals surface area (Å²) in [6.45, 7) is 17.5. The predicted molar refractivity (Wildman–Crippen MR) is 263 cm³/mol. The molecule has 0 saturated carbocycles. The van der Waals surface area contributed by atoms with Gasteiger partial charge in [0.1, 0.15) is 0 Å². The van der Waals surface area contributed by atoms with Crippen LogP contribution in [0.1, 0.15) is 81.3 Å². The molecule has 0 unspecified atom stereocenters. The molecule has 329 valence electrons. The zero-order chi connectivity index (χ0) is 44.7. The third-order valence-corrected chi connectivity index (χ3v) is 16.1. The topological polar surface area (TPSA) is 56.7 Å². The van der Waals surface area contributed by atoms with Gasteiger partial charge >= 0.3 is 136 Å². The number of nitrogens with zero attached hydrogens (tertiary/aromatic N) is 4. The van der Waals surface area contributed by atoms with Crippen LogP contribution in [0.15, 0.2) is 120 Å². The van der Waals surface area contributed by atoms with Gasteiger partial charge < -0.3 is 8.98 Å². The molecule has 0 spiro atoms. The molecule has 9 rings (SSSR count). The van der Waals surface area contributed by atoms with Gasteiger partial charge in [-0.15, -0.1) is 18.2 Å². The number of para-hydroxylation sites is 2. The fraction of sp³-hybridized carbons (Fsp3) is 0.268. The molecule has 0 saturated heterocycles. The molecule has 5 nitrogen and oxygen atoms in total. The van der Waals surface area contributed by atoms with Crippen LogP contribution in [0.5, 0.6) is 0 Å². The Labute approximate surface area is 394 Å². The Morgan fingerprint density at radius 3 is 2.08 bits per heavy atom. The number of benzene rings is 5. The normalized spacial score (nSPS) is 11.8. The summed E-state index contributed by atoms with van der Waals surface area (Å²) in [5.74, 6) is 8.96. The quantitative estimate of drug-likeness (QED) is 0.107. The van der Waals surface area contributed by atoms with E-state index in [-0.39, 0.29) is 25.9 Å². The van der Waals surface area contributed by atoms with Gasteiger partial charge in [-0.1, -0.05) is 81.1 Å². The van der Waals surface area contributed by atoms with Gasteiger partial charge in [0.15, 0.2) is 0 Å². The van der Waals surface area contributed by atoms with Crippen molar-refractivity contribution < 1.29 is 28.9 Å². The van der Waals surface area contributed by atoms with Crippen LogP contribution in [0, 0.1) is 37.7 Å². The average Bonchev–Trinajstić information content (AvgIpc) is 3.81. The first kappa shape index (κ1) is 46.8. The standard InChI is InChI=1S/C37H32N3O.C19H25FGeN.Ir/c1-22(2)30-20-26(25-12-7-6-8-13-25)21-31(23(3)4)34(30)40-33-17-10-9-16-32(33)39-36(40)29-15-11-14-27-28-19-18-24(5)38-37(28)41-35(27)29;1-13(2)9-15-11-19(22-12-18(15)21(4,5)6)17-8-7-16(20)10-14(17)3;/h6-14,16-23H,1-5H3;7,10-13H,9H2,1-6H3;/q2*-1;. The van der Waals surface area contributed by atoms with E-state index in [0.717, 1.165) is 67.7 Å². The number of fused-ring (bicyclic) bond motifs is 4. The maximum atomic E-state index is 13.3. The molecular weight excluding hydrogens is 1030 g/mol. The smallest absolute Gasteiger partial charge is 0.216 e. The Morgan fingerprint density at radius 1 is 0.734 bits per heavy atom. The molecule has 0 bridgehead atoms. The van der Waals surface area contributed by atoms with Gasteiger partial charge in [-0.2, -0.15) is 0 Å². The van der Waals surface area contributed by atoms with Crippen LogP contribution in [0.25, 0.3) is 72.6 Å². The third kappa shape index (κ3) is 9.45. The number of aryl methyl sites for hydroxylation is 2. The van der Waals surface area contributed by atoms with Gasteiger partial charge in [0.25, 0.3) is 0 Å². The fourth-order valence-electron chi connectivity index (χ4n) is 8.69. The van der Waals surface area contributed by atoms with Crippen LogP contribution in [0.3, 0.4) is 0 Å². The van der Waals surface area contributed by atoms with Crippen molar-refractivity contribution in [3.05, 3.63) is 161 Å². The Morgan fingerprint density at radius 2 is 1.42 bits per heavy atom. The van der Waals surface area contributed by atoms with Gasteiger partial charge in [-0.25, -0.2) is 4.98 Å². The summed E-state index contributed by atoms with van der Waals surface area (Å²) in [4.78, 5) is 14.6. The first-order chi connectivity index (χ1) is 30.1. The van der Waals surface area contributed by atoms with Gasteiger partial charge in [-0.3, -0.25) is 4.98 Å². The number of pyridine rings is 2. The second kappa shape index (κ2) is 19.1. The Balaban J connectivity index is 0.000000227. The Bertz CT molecular complexity index is 3080. The minimum Gasteiger partial charge on any atom is -0.486 e. The van der Waals surface area contributed by atoms with E-state index in [2.05, 4.69) is 171 Å². The first-order valence-corrected chi connectivity index (χ1v) is 29.5. The molecule has 0 aliphatic heterocycles. The second-order valence-corrected chi connectivity index (χ2v) is 29.5. The minimum atomic E-state index is -1.95. The van der Waals surface area contributed by atoms with Crippen LogP contribution in [-0.4, -0.2) is 32.8 Å². The van der Waals surface area contributed by atoms with E-state index in [1.807, 2.05) is 32.0 Å². The number of imidazole rings is 1. The predicted octanol–water partition coefficient (Wildman–Crippen LogP) is 14.7. The number of furan rings is 1. The van der Waals surface area contributed by atoms with Crippen LogP contribution in [0.2, 0.25) is 17.3 Å². The summed E-state index contributed by atoms with van der Waals surface area (Å²) >= 11 is -1.95. The van der Waals surface area contributed by atoms with Crippen molar-refractivity contribution in [1.29, 1.82) is 0 Å². The number of rotatable bonds is 9. The molecule has 0 amide bonds. The van der Waals surface area contributed by atoms with Gasteiger partial charge in [-0.05, 0) is 77.4 Å². The van der Waals surface area contributed by atoms with E-state index >= 15 is 0 Å². The second-order valence-electron chi connectivity index (χ2n) is 18.9. The van der Waals surface area contributed by atoms with Crippen LogP contribution < -0.4 is 4.40 Å². The summed E-state index contributed by atoms with van der Waals surface area (Å²) < 4.78 is 23.5. The maximum absolute atomic E-state index is 13.3. The van der Waals surface area contributed by atoms with Gasteiger partial charge in [0, 0.05) is 36.9 Å². The molecule has 0 N–H and O–H groups in total. The molecule has 4 aromatic heterocycles. The van der Waals surface area contributed by atoms with E-state index in [9.17, 15) is 4.39 Å². The number of aromatic nitrogens is 4. The van der Waals surface area contributed by atoms with Crippen molar-refractivity contribution in [1.82, 2.24) is 19.5 Å². The van der Waals surface area contributed by atoms with E-state index in [1.165, 1.54) is 44.0 Å². The maximum Gasteiger partial charge on any atom is 0.216 e. The zero-order valence-electron chi connectivity index (χ0n) is 38.8. The van der Waals surface area contributed by atoms with Crippen LogP contribution in [-0.2, 0) is 26.5 Å². The van der Waals surface area contributed by atoms with E-state index in [1.54, 1.807) is 6.07 Å². The molecule has 64 heavy (non-hydrogen) atoms. The SMILES string of the molecule is Cc1cc(F)c[c-]c1-c1cc(CC(C)C)[c]([Ge]([CH3])([CH3])[CH3])cn1.Cc1ccc2c(n1)oc1c(-c3nc4ccccc4n3-c3c(C(C)C)cc(-c4ccccc4)cc3C(C)C)[c-]ccc12.[Ir]. The van der Waals surface area contributed by atoms with Crippen molar-refractivity contribution in [3.63, 3.8) is 0 Å². The van der Waals surface area contributed by atoms with Crippen molar-refractivity contribution in [2.75, 3.05) is 0 Å². The molecule has 1 radical (unpaired) electrons. The molecule has 0 aliphatic rings. The van der Waals surface area contributed by atoms with Crippen LogP contribution >= 0.6 is 0 Å². The summed E-state index contributed by atoms with van der Waals surface area (Å²) in [5, 5.41) is 2.02. The average molecular weight is 1090 g/mol. The van der Waals surface area contributed by atoms with E-state index < -0.39 is 13.3 Å². The van der Waals surface area contributed by atoms with Crippen LogP contribution in [0.4, 0.5) is 4.39 Å². The molecule has 9 aromatic rings. The minimum absolute atomic E-state index is 0.